The molecule has 0 aromatic carbocycles. The second kappa shape index (κ2) is 17.4. The summed E-state index contributed by atoms with van der Waals surface area (Å²) < 4.78 is 0. The molecule has 0 spiro atoms. The van der Waals surface area contributed by atoms with Crippen LogP contribution in [0.3, 0.4) is 0 Å². The van der Waals surface area contributed by atoms with E-state index in [1.165, 1.54) is 38.6 Å². The van der Waals surface area contributed by atoms with Gasteiger partial charge in [0.25, 0.3) is 0 Å². The second-order valence-corrected chi connectivity index (χ2v) is 4.69. The lowest BCUT2D eigenvalue weighted by atomic mass is 9.85. The van der Waals surface area contributed by atoms with Gasteiger partial charge in [0, 0.05) is 18.6 Å². The van der Waals surface area contributed by atoms with Crippen molar-refractivity contribution in [1.82, 2.24) is 10.2 Å². The van der Waals surface area contributed by atoms with Crippen LogP contribution in [0.4, 0.5) is 0 Å². The Hall–Kier alpha value is -0.660. The Morgan fingerprint density at radius 2 is 1.52 bits per heavy atom. The van der Waals surface area contributed by atoms with Crippen LogP contribution in [0.1, 0.15) is 94.4 Å². The number of rotatable bonds is 5. The van der Waals surface area contributed by atoms with Crippen molar-refractivity contribution in [3.63, 3.8) is 0 Å². The SMILES string of the molecule is C=C1NC(CC)(CCC)CCN1CCC.CC.CC.CC. The molecule has 1 aliphatic heterocycles. The minimum atomic E-state index is 0.329. The van der Waals surface area contributed by atoms with E-state index in [2.05, 4.69) is 37.6 Å². The third-order valence-electron chi connectivity index (χ3n) is 3.55. The fourth-order valence-electron chi connectivity index (χ4n) is 2.56. The normalized spacial score (nSPS) is 19.9. The Morgan fingerprint density at radius 1 is 1.00 bits per heavy atom. The summed E-state index contributed by atoms with van der Waals surface area (Å²) in [5.41, 5.74) is 0.329. The molecule has 1 atom stereocenters. The van der Waals surface area contributed by atoms with Gasteiger partial charge in [-0.2, -0.15) is 0 Å². The van der Waals surface area contributed by atoms with E-state index in [9.17, 15) is 0 Å². The third-order valence-corrected chi connectivity index (χ3v) is 3.55. The van der Waals surface area contributed by atoms with E-state index in [1.807, 2.05) is 41.5 Å². The first kappa shape index (κ1) is 25.3. The first-order chi connectivity index (χ1) is 10.2. The van der Waals surface area contributed by atoms with Gasteiger partial charge in [0.1, 0.15) is 0 Å². The van der Waals surface area contributed by atoms with Crippen LogP contribution in [0.2, 0.25) is 0 Å². The van der Waals surface area contributed by atoms with Crippen molar-refractivity contribution in [2.45, 2.75) is 100.0 Å². The van der Waals surface area contributed by atoms with Crippen LogP contribution >= 0.6 is 0 Å². The van der Waals surface area contributed by atoms with Gasteiger partial charge in [-0.3, -0.25) is 0 Å². The van der Waals surface area contributed by atoms with Crippen molar-refractivity contribution in [2.24, 2.45) is 0 Å². The van der Waals surface area contributed by atoms with Crippen molar-refractivity contribution in [3.8, 4) is 0 Å². The van der Waals surface area contributed by atoms with Gasteiger partial charge in [-0.25, -0.2) is 0 Å². The molecule has 1 fully saturated rings. The Bertz CT molecular complexity index is 214. The lowest BCUT2D eigenvalue weighted by Gasteiger charge is -2.45. The molecular weight excluding hydrogens is 256 g/mol. The molecule has 1 aliphatic rings. The molecule has 0 radical (unpaired) electrons. The second-order valence-electron chi connectivity index (χ2n) is 4.69. The number of hydrogen-bond donors (Lipinski definition) is 1. The zero-order valence-electron chi connectivity index (χ0n) is 16.6. The fourth-order valence-corrected chi connectivity index (χ4v) is 2.56. The molecule has 130 valence electrons. The molecule has 0 bridgehead atoms. The van der Waals surface area contributed by atoms with Crippen LogP contribution in [-0.4, -0.2) is 23.5 Å². The monoisotopic (exact) mass is 300 g/mol. The molecule has 0 aromatic heterocycles. The lowest BCUT2D eigenvalue weighted by molar-refractivity contribution is 0.162. The summed E-state index contributed by atoms with van der Waals surface area (Å²) >= 11 is 0. The first-order valence-electron chi connectivity index (χ1n) is 9.39. The minimum Gasteiger partial charge on any atom is -0.367 e. The molecule has 1 N–H and O–H groups in total. The fraction of sp³-hybridized carbons (Fsp3) is 0.895. The largest absolute Gasteiger partial charge is 0.367 e. The predicted molar refractivity (Wildman–Crippen MR) is 101 cm³/mol. The van der Waals surface area contributed by atoms with E-state index >= 15 is 0 Å². The van der Waals surface area contributed by atoms with Gasteiger partial charge in [0.2, 0.25) is 0 Å². The van der Waals surface area contributed by atoms with Gasteiger partial charge in [-0.05, 0) is 25.7 Å². The maximum atomic E-state index is 4.15. The molecule has 1 rings (SSSR count). The van der Waals surface area contributed by atoms with E-state index in [4.69, 9.17) is 0 Å². The Kier molecular flexibility index (Phi) is 21.0. The lowest BCUT2D eigenvalue weighted by Crippen LogP contribution is -2.54. The van der Waals surface area contributed by atoms with Gasteiger partial charge in [-0.1, -0.05) is 75.3 Å². The summed E-state index contributed by atoms with van der Waals surface area (Å²) in [5, 5.41) is 3.65. The number of nitrogens with zero attached hydrogens (tertiary/aromatic N) is 1. The maximum Gasteiger partial charge on any atom is 0.0943 e. The summed E-state index contributed by atoms with van der Waals surface area (Å²) in [5.74, 6) is 1.14. The van der Waals surface area contributed by atoms with E-state index in [1.54, 1.807) is 0 Å². The van der Waals surface area contributed by atoms with Crippen LogP contribution in [-0.2, 0) is 0 Å². The predicted octanol–water partition coefficient (Wildman–Crippen LogP) is 6.19. The van der Waals surface area contributed by atoms with Crippen LogP contribution in [0, 0.1) is 0 Å². The van der Waals surface area contributed by atoms with Gasteiger partial charge in [0.15, 0.2) is 0 Å². The highest BCUT2D eigenvalue weighted by Crippen LogP contribution is 2.28. The quantitative estimate of drug-likeness (QED) is 0.651. The van der Waals surface area contributed by atoms with Crippen LogP contribution in [0.5, 0.6) is 0 Å². The maximum absolute atomic E-state index is 4.15. The zero-order valence-corrected chi connectivity index (χ0v) is 16.6. The Morgan fingerprint density at radius 3 is 1.86 bits per heavy atom. The molecule has 1 heterocycles. The molecule has 0 amide bonds. The van der Waals surface area contributed by atoms with E-state index in [0.717, 1.165) is 12.4 Å². The summed E-state index contributed by atoms with van der Waals surface area (Å²) in [6, 6.07) is 0. The molecule has 1 unspecified atom stereocenters. The van der Waals surface area contributed by atoms with Gasteiger partial charge in [-0.15, -0.1) is 0 Å². The van der Waals surface area contributed by atoms with Crippen molar-refractivity contribution in [2.75, 3.05) is 13.1 Å². The van der Waals surface area contributed by atoms with E-state index < -0.39 is 0 Å². The van der Waals surface area contributed by atoms with Crippen molar-refractivity contribution in [3.05, 3.63) is 12.4 Å². The zero-order chi connectivity index (χ0) is 17.3. The number of nitrogens with one attached hydrogen (secondary N) is 1. The summed E-state index contributed by atoms with van der Waals surface area (Å²) in [6.07, 6.45) is 6.19. The summed E-state index contributed by atoms with van der Waals surface area (Å²) in [7, 11) is 0. The first-order valence-corrected chi connectivity index (χ1v) is 9.39. The number of hydrogen-bond acceptors (Lipinski definition) is 2. The minimum absolute atomic E-state index is 0.329. The Labute approximate surface area is 136 Å². The van der Waals surface area contributed by atoms with Crippen molar-refractivity contribution < 1.29 is 0 Å². The van der Waals surface area contributed by atoms with Gasteiger partial charge >= 0.3 is 0 Å². The molecule has 0 saturated carbocycles. The standard InChI is InChI=1S/C13H26N2.3C2H6/c1-5-8-13(7-3)9-11-15(10-6-2)12(4)14-13;3*1-2/h14H,4-11H2,1-3H3;3*1-2H3. The van der Waals surface area contributed by atoms with Crippen molar-refractivity contribution in [1.29, 1.82) is 0 Å². The van der Waals surface area contributed by atoms with E-state index in [-0.39, 0.29) is 0 Å². The molecule has 0 aromatic rings. The highest BCUT2D eigenvalue weighted by molar-refractivity contribution is 5.05. The molecule has 2 nitrogen and oxygen atoms in total. The highest BCUT2D eigenvalue weighted by atomic mass is 15.3. The average molecular weight is 301 g/mol. The molecule has 1 saturated heterocycles. The van der Waals surface area contributed by atoms with Gasteiger partial charge in [0.05, 0.1) is 5.82 Å². The van der Waals surface area contributed by atoms with Crippen LogP contribution in [0.15, 0.2) is 12.4 Å². The highest BCUT2D eigenvalue weighted by Gasteiger charge is 2.32. The average Bonchev–Trinajstić information content (AvgIpc) is 2.56. The summed E-state index contributed by atoms with van der Waals surface area (Å²) in [6.45, 7) is 25.2. The van der Waals surface area contributed by atoms with Crippen LogP contribution in [0.25, 0.3) is 0 Å². The topological polar surface area (TPSA) is 15.3 Å². The molecular formula is C19H44N2. The van der Waals surface area contributed by atoms with Crippen LogP contribution < -0.4 is 5.32 Å². The van der Waals surface area contributed by atoms with Gasteiger partial charge < -0.3 is 10.2 Å². The van der Waals surface area contributed by atoms with Crippen molar-refractivity contribution >= 4 is 0 Å². The third kappa shape index (κ3) is 9.82. The van der Waals surface area contributed by atoms with E-state index in [0.29, 0.717) is 5.54 Å². The summed E-state index contributed by atoms with van der Waals surface area (Å²) in [4.78, 5) is 2.38. The molecule has 2 heteroatoms. The molecule has 0 aliphatic carbocycles. The molecule has 21 heavy (non-hydrogen) atoms. The Balaban J connectivity index is -0.000000478. The smallest absolute Gasteiger partial charge is 0.0943 e.